The monoisotopic (exact) mass is 444 g/mol. The molecule has 0 unspecified atom stereocenters. The summed E-state index contributed by atoms with van der Waals surface area (Å²) in [5.74, 6) is -2.33. The van der Waals surface area contributed by atoms with Gasteiger partial charge in [0.25, 0.3) is 5.91 Å². The number of nitrogens with zero attached hydrogens (tertiary/aromatic N) is 3. The Bertz CT molecular complexity index is 1170. The van der Waals surface area contributed by atoms with E-state index < -0.39 is 12.1 Å². The predicted octanol–water partition coefficient (Wildman–Crippen LogP) is 3.75. The second-order valence-electron chi connectivity index (χ2n) is 6.20. The van der Waals surface area contributed by atoms with Crippen LogP contribution in [0.2, 0.25) is 0 Å². The van der Waals surface area contributed by atoms with Gasteiger partial charge >= 0.3 is 12.1 Å². The van der Waals surface area contributed by atoms with Crippen LogP contribution in [0, 0.1) is 0 Å². The number of rotatable bonds is 4. The highest BCUT2D eigenvalue weighted by molar-refractivity contribution is 6.03. The third-order valence-corrected chi connectivity index (χ3v) is 3.97. The summed E-state index contributed by atoms with van der Waals surface area (Å²) in [5.41, 5.74) is 3.66. The summed E-state index contributed by atoms with van der Waals surface area (Å²) in [7, 11) is 0. The Morgan fingerprint density at radius 3 is 2.16 bits per heavy atom. The average molecular weight is 444 g/mol. The van der Waals surface area contributed by atoms with Crippen LogP contribution < -0.4 is 5.32 Å². The van der Waals surface area contributed by atoms with Crippen LogP contribution in [0.3, 0.4) is 0 Å². The number of H-pyrrole nitrogens is 2. The van der Waals surface area contributed by atoms with Crippen molar-refractivity contribution in [2.45, 2.75) is 6.18 Å². The molecular formula is C20H15F3N6O3. The minimum Gasteiger partial charge on any atom is -0.475 e. The SMILES string of the molecule is O=C(Nc1ccc(-c2ncn[nH]2)cc1)c1cc(-c2ccccc2)n[nH]1.O=C(O)C(F)(F)F. The number of aliphatic carboxylic acids is 1. The molecule has 2 heterocycles. The van der Waals surface area contributed by atoms with E-state index in [4.69, 9.17) is 9.90 Å². The largest absolute Gasteiger partial charge is 0.490 e. The number of alkyl halides is 3. The number of aromatic nitrogens is 5. The number of hydrogen-bond donors (Lipinski definition) is 4. The number of nitrogens with one attached hydrogen (secondary N) is 3. The van der Waals surface area contributed by atoms with Gasteiger partial charge < -0.3 is 10.4 Å². The molecule has 12 heteroatoms. The van der Waals surface area contributed by atoms with Crippen LogP contribution in [-0.2, 0) is 4.79 Å². The zero-order valence-corrected chi connectivity index (χ0v) is 16.1. The lowest BCUT2D eigenvalue weighted by atomic mass is 10.1. The van der Waals surface area contributed by atoms with Gasteiger partial charge in [0.2, 0.25) is 0 Å². The van der Waals surface area contributed by atoms with Crippen LogP contribution in [0.5, 0.6) is 0 Å². The highest BCUT2D eigenvalue weighted by atomic mass is 19.4. The highest BCUT2D eigenvalue weighted by Crippen LogP contribution is 2.19. The summed E-state index contributed by atoms with van der Waals surface area (Å²) in [6.45, 7) is 0. The number of hydrogen-bond acceptors (Lipinski definition) is 5. The maximum atomic E-state index is 12.4. The lowest BCUT2D eigenvalue weighted by Gasteiger charge is -2.04. The summed E-state index contributed by atoms with van der Waals surface area (Å²) < 4.78 is 31.7. The number of halogens is 3. The van der Waals surface area contributed by atoms with Crippen LogP contribution in [-0.4, -0.2) is 48.5 Å². The Balaban J connectivity index is 0.000000360. The van der Waals surface area contributed by atoms with Crippen molar-refractivity contribution in [3.8, 4) is 22.6 Å². The van der Waals surface area contributed by atoms with E-state index in [1.807, 2.05) is 54.6 Å². The van der Waals surface area contributed by atoms with Crippen molar-refractivity contribution < 1.29 is 27.9 Å². The molecule has 32 heavy (non-hydrogen) atoms. The van der Waals surface area contributed by atoms with Gasteiger partial charge in [0.05, 0.1) is 5.69 Å². The summed E-state index contributed by atoms with van der Waals surface area (Å²) in [6, 6.07) is 18.8. The van der Waals surface area contributed by atoms with E-state index in [1.54, 1.807) is 6.07 Å². The molecule has 0 aliphatic rings. The number of anilines is 1. The Morgan fingerprint density at radius 2 is 1.59 bits per heavy atom. The molecule has 0 aliphatic heterocycles. The maximum absolute atomic E-state index is 12.4. The highest BCUT2D eigenvalue weighted by Gasteiger charge is 2.38. The number of aromatic amines is 2. The van der Waals surface area contributed by atoms with Gasteiger partial charge in [-0.3, -0.25) is 15.0 Å². The number of carboxylic acid groups (broad SMARTS) is 1. The standard InChI is InChI=1S/C18H14N6O.C2HF3O2/c25-18(16-10-15(22-23-16)12-4-2-1-3-5-12)21-14-8-6-13(7-9-14)17-19-11-20-24-17;3-2(4,5)1(6)7/h1-11H,(H,21,25)(H,22,23)(H,19,20,24);(H,6,7). The van der Waals surface area contributed by atoms with Gasteiger partial charge in [-0.25, -0.2) is 9.78 Å². The molecule has 2 aromatic heterocycles. The van der Waals surface area contributed by atoms with E-state index in [9.17, 15) is 18.0 Å². The van der Waals surface area contributed by atoms with Crippen LogP contribution in [0.1, 0.15) is 10.5 Å². The molecule has 0 atom stereocenters. The number of carboxylic acids is 1. The molecule has 0 radical (unpaired) electrons. The molecule has 0 saturated heterocycles. The van der Waals surface area contributed by atoms with Gasteiger partial charge in [-0.05, 0) is 30.3 Å². The zero-order chi connectivity index (χ0) is 23.1. The molecule has 4 aromatic rings. The third-order valence-electron chi connectivity index (χ3n) is 3.97. The molecule has 4 rings (SSSR count). The Kier molecular flexibility index (Phi) is 6.63. The first kappa shape index (κ1) is 22.2. The van der Waals surface area contributed by atoms with E-state index in [0.29, 0.717) is 17.2 Å². The number of carbonyl (C=O) groups excluding carboxylic acids is 1. The first-order chi connectivity index (χ1) is 15.2. The van der Waals surface area contributed by atoms with Gasteiger partial charge in [-0.15, -0.1) is 0 Å². The van der Waals surface area contributed by atoms with E-state index in [2.05, 4.69) is 30.7 Å². The van der Waals surface area contributed by atoms with Gasteiger partial charge in [0, 0.05) is 16.8 Å². The summed E-state index contributed by atoms with van der Waals surface area (Å²) >= 11 is 0. The average Bonchev–Trinajstić information content (AvgIpc) is 3.47. The molecule has 1 amide bonds. The molecule has 0 saturated carbocycles. The minimum atomic E-state index is -5.08. The van der Waals surface area contributed by atoms with Gasteiger partial charge in [0.15, 0.2) is 5.82 Å². The first-order valence-corrected chi connectivity index (χ1v) is 8.92. The fourth-order valence-corrected chi connectivity index (χ4v) is 2.45. The van der Waals surface area contributed by atoms with Crippen molar-refractivity contribution in [2.75, 3.05) is 5.32 Å². The molecule has 9 nitrogen and oxygen atoms in total. The van der Waals surface area contributed by atoms with E-state index in [1.165, 1.54) is 6.33 Å². The second-order valence-corrected chi connectivity index (χ2v) is 6.20. The van der Waals surface area contributed by atoms with Crippen molar-refractivity contribution in [1.82, 2.24) is 25.4 Å². The topological polar surface area (TPSA) is 137 Å². The number of carbonyl (C=O) groups is 2. The number of benzene rings is 2. The van der Waals surface area contributed by atoms with Crippen molar-refractivity contribution in [3.63, 3.8) is 0 Å². The van der Waals surface area contributed by atoms with E-state index >= 15 is 0 Å². The normalized spacial score (nSPS) is 10.7. The van der Waals surface area contributed by atoms with Crippen LogP contribution in [0.4, 0.5) is 18.9 Å². The lowest BCUT2D eigenvalue weighted by molar-refractivity contribution is -0.192. The molecule has 0 bridgehead atoms. The van der Waals surface area contributed by atoms with E-state index in [-0.39, 0.29) is 5.91 Å². The molecular weight excluding hydrogens is 429 g/mol. The third kappa shape index (κ3) is 5.78. The molecule has 4 N–H and O–H groups in total. The lowest BCUT2D eigenvalue weighted by Crippen LogP contribution is -2.21. The van der Waals surface area contributed by atoms with Crippen molar-refractivity contribution in [3.05, 3.63) is 72.7 Å². The smallest absolute Gasteiger partial charge is 0.475 e. The zero-order valence-electron chi connectivity index (χ0n) is 16.1. The molecule has 0 spiro atoms. The quantitative estimate of drug-likeness (QED) is 0.378. The van der Waals surface area contributed by atoms with E-state index in [0.717, 1.165) is 16.8 Å². The van der Waals surface area contributed by atoms with Crippen LogP contribution in [0.15, 0.2) is 67.0 Å². The summed E-state index contributed by atoms with van der Waals surface area (Å²) in [5, 5.41) is 23.5. The van der Waals surface area contributed by atoms with Gasteiger partial charge in [-0.1, -0.05) is 30.3 Å². The minimum absolute atomic E-state index is 0.248. The summed E-state index contributed by atoms with van der Waals surface area (Å²) in [6.07, 6.45) is -3.63. The van der Waals surface area contributed by atoms with Crippen molar-refractivity contribution in [1.29, 1.82) is 0 Å². The maximum Gasteiger partial charge on any atom is 0.490 e. The Hall–Kier alpha value is -4.48. The van der Waals surface area contributed by atoms with Crippen LogP contribution >= 0.6 is 0 Å². The second kappa shape index (κ2) is 9.55. The molecule has 0 fully saturated rings. The molecule has 164 valence electrons. The van der Waals surface area contributed by atoms with Gasteiger partial charge in [-0.2, -0.15) is 23.4 Å². The molecule has 2 aromatic carbocycles. The fraction of sp³-hybridized carbons (Fsp3) is 0.0500. The first-order valence-electron chi connectivity index (χ1n) is 8.92. The fourth-order valence-electron chi connectivity index (χ4n) is 2.45. The Labute approximate surface area is 178 Å². The van der Waals surface area contributed by atoms with Crippen molar-refractivity contribution in [2.24, 2.45) is 0 Å². The van der Waals surface area contributed by atoms with Crippen LogP contribution in [0.25, 0.3) is 22.6 Å². The van der Waals surface area contributed by atoms with Crippen molar-refractivity contribution >= 4 is 17.6 Å². The molecule has 0 aliphatic carbocycles. The Morgan fingerprint density at radius 1 is 0.938 bits per heavy atom. The predicted molar refractivity (Wildman–Crippen MR) is 107 cm³/mol. The number of amides is 1. The summed E-state index contributed by atoms with van der Waals surface area (Å²) in [4.78, 5) is 25.3. The van der Waals surface area contributed by atoms with Gasteiger partial charge in [0.1, 0.15) is 12.0 Å².